The van der Waals surface area contributed by atoms with Gasteiger partial charge < -0.3 is 0 Å². The number of nitrogens with zero attached hydrogens (tertiary/aromatic N) is 1. The molecule has 0 radical (unpaired) electrons. The summed E-state index contributed by atoms with van der Waals surface area (Å²) in [6.07, 6.45) is 0. The smallest absolute Gasteiger partial charge is 0.184 e. The van der Waals surface area contributed by atoms with Crippen LogP contribution in [0.1, 0.15) is 27.4 Å². The van der Waals surface area contributed by atoms with Crippen molar-refractivity contribution >= 4 is 5.78 Å². The number of nitriles is 1. The molecule has 0 heterocycles. The molecular formula is C16H12FNO. The van der Waals surface area contributed by atoms with Crippen molar-refractivity contribution in [3.05, 3.63) is 71.0 Å². The van der Waals surface area contributed by atoms with Crippen LogP contribution in [0.4, 0.5) is 4.39 Å². The minimum absolute atomic E-state index is 0.309. The largest absolute Gasteiger partial charge is 0.292 e. The lowest BCUT2D eigenvalue weighted by molar-refractivity contribution is 0.0978. The zero-order chi connectivity index (χ0) is 13.8. The quantitative estimate of drug-likeness (QED) is 0.784. The van der Waals surface area contributed by atoms with E-state index >= 15 is 0 Å². The molecule has 0 saturated heterocycles. The van der Waals surface area contributed by atoms with Crippen molar-refractivity contribution in [1.29, 1.82) is 5.26 Å². The van der Waals surface area contributed by atoms with Gasteiger partial charge >= 0.3 is 0 Å². The van der Waals surface area contributed by atoms with Crippen LogP contribution < -0.4 is 0 Å². The number of hydrogen-bond acceptors (Lipinski definition) is 2. The molecule has 0 aliphatic heterocycles. The van der Waals surface area contributed by atoms with Crippen LogP contribution in [0.5, 0.6) is 0 Å². The molecule has 0 aliphatic rings. The van der Waals surface area contributed by atoms with Crippen molar-refractivity contribution in [2.45, 2.75) is 12.8 Å². The second kappa shape index (κ2) is 5.45. The van der Waals surface area contributed by atoms with Gasteiger partial charge in [0, 0.05) is 5.56 Å². The third-order valence-corrected chi connectivity index (χ3v) is 2.88. The highest BCUT2D eigenvalue weighted by Crippen LogP contribution is 2.21. The van der Waals surface area contributed by atoms with Crippen LogP contribution in [0.2, 0.25) is 0 Å². The number of benzene rings is 2. The molecule has 0 spiro atoms. The maximum Gasteiger partial charge on any atom is 0.184 e. The first kappa shape index (κ1) is 13.0. The Kier molecular flexibility index (Phi) is 3.72. The van der Waals surface area contributed by atoms with E-state index < -0.39 is 11.7 Å². The van der Waals surface area contributed by atoms with Gasteiger partial charge in [-0.1, -0.05) is 35.9 Å². The summed E-state index contributed by atoms with van der Waals surface area (Å²) in [6, 6.07) is 14.6. The van der Waals surface area contributed by atoms with Crippen LogP contribution in [-0.2, 0) is 0 Å². The molecule has 0 amide bonds. The summed E-state index contributed by atoms with van der Waals surface area (Å²) in [5.41, 5.74) is 1.80. The number of halogens is 1. The predicted molar refractivity (Wildman–Crippen MR) is 70.3 cm³/mol. The lowest BCUT2D eigenvalue weighted by atomic mass is 9.91. The summed E-state index contributed by atoms with van der Waals surface area (Å²) >= 11 is 0. The number of aryl methyl sites for hydroxylation is 1. The van der Waals surface area contributed by atoms with Gasteiger partial charge in [-0.3, -0.25) is 4.79 Å². The van der Waals surface area contributed by atoms with E-state index in [-0.39, 0.29) is 5.78 Å². The van der Waals surface area contributed by atoms with E-state index in [2.05, 4.69) is 0 Å². The molecule has 19 heavy (non-hydrogen) atoms. The predicted octanol–water partition coefficient (Wildman–Crippen LogP) is 3.62. The molecule has 0 bridgehead atoms. The summed E-state index contributed by atoms with van der Waals surface area (Å²) < 4.78 is 13.2. The normalized spacial score (nSPS) is 11.6. The van der Waals surface area contributed by atoms with Crippen molar-refractivity contribution in [2.24, 2.45) is 0 Å². The Morgan fingerprint density at radius 2 is 1.95 bits per heavy atom. The highest BCUT2D eigenvalue weighted by molar-refractivity contribution is 6.02. The summed E-state index contributed by atoms with van der Waals surface area (Å²) in [4.78, 5) is 12.3. The van der Waals surface area contributed by atoms with Crippen LogP contribution in [0.3, 0.4) is 0 Å². The third-order valence-electron chi connectivity index (χ3n) is 2.88. The van der Waals surface area contributed by atoms with Crippen molar-refractivity contribution in [2.75, 3.05) is 0 Å². The van der Waals surface area contributed by atoms with E-state index in [1.165, 1.54) is 18.2 Å². The molecular weight excluding hydrogens is 241 g/mol. The van der Waals surface area contributed by atoms with Gasteiger partial charge in [-0.2, -0.15) is 5.26 Å². The second-order valence-corrected chi connectivity index (χ2v) is 4.35. The third kappa shape index (κ3) is 2.86. The lowest BCUT2D eigenvalue weighted by Gasteiger charge is -2.09. The Morgan fingerprint density at radius 3 is 2.58 bits per heavy atom. The van der Waals surface area contributed by atoms with Crippen LogP contribution in [-0.4, -0.2) is 5.78 Å². The van der Waals surface area contributed by atoms with E-state index in [1.54, 1.807) is 24.3 Å². The second-order valence-electron chi connectivity index (χ2n) is 4.35. The molecule has 2 aromatic carbocycles. The van der Waals surface area contributed by atoms with Gasteiger partial charge in [-0.15, -0.1) is 0 Å². The van der Waals surface area contributed by atoms with Crippen molar-refractivity contribution in [1.82, 2.24) is 0 Å². The number of Topliss-reactive ketones (excluding diaryl/α,β-unsaturated/α-hetero) is 1. The Balaban J connectivity index is 2.38. The average molecular weight is 253 g/mol. The Labute approximate surface area is 111 Å². The topological polar surface area (TPSA) is 40.9 Å². The minimum atomic E-state index is -0.975. The fraction of sp³-hybridized carbons (Fsp3) is 0.125. The first-order chi connectivity index (χ1) is 9.11. The minimum Gasteiger partial charge on any atom is -0.292 e. The van der Waals surface area contributed by atoms with Gasteiger partial charge in [0.15, 0.2) is 5.78 Å². The molecule has 0 aromatic heterocycles. The van der Waals surface area contributed by atoms with Gasteiger partial charge in [0.2, 0.25) is 0 Å². The van der Waals surface area contributed by atoms with Gasteiger partial charge in [-0.25, -0.2) is 4.39 Å². The summed E-state index contributed by atoms with van der Waals surface area (Å²) in [5.74, 6) is -1.73. The monoisotopic (exact) mass is 253 g/mol. The fourth-order valence-corrected chi connectivity index (χ4v) is 1.94. The number of carbonyl (C=O) groups is 1. The summed E-state index contributed by atoms with van der Waals surface area (Å²) in [7, 11) is 0. The number of ketones is 1. The SMILES string of the molecule is Cc1cccc(C(=O)C(C#N)c2cccc(F)c2)c1. The molecule has 1 atom stereocenters. The summed E-state index contributed by atoms with van der Waals surface area (Å²) in [6.45, 7) is 1.88. The van der Waals surface area contributed by atoms with Crippen LogP contribution in [0, 0.1) is 24.1 Å². The lowest BCUT2D eigenvalue weighted by Crippen LogP contribution is -2.11. The number of carbonyl (C=O) groups excluding carboxylic acids is 1. The average Bonchev–Trinajstić information content (AvgIpc) is 2.39. The van der Waals surface area contributed by atoms with Gasteiger partial charge in [0.1, 0.15) is 11.7 Å². The molecule has 0 fully saturated rings. The van der Waals surface area contributed by atoms with E-state index in [4.69, 9.17) is 0 Å². The van der Waals surface area contributed by atoms with Crippen LogP contribution in [0.25, 0.3) is 0 Å². The van der Waals surface area contributed by atoms with Crippen LogP contribution >= 0.6 is 0 Å². The van der Waals surface area contributed by atoms with Gasteiger partial charge in [-0.05, 0) is 30.7 Å². The molecule has 0 aliphatic carbocycles. The zero-order valence-electron chi connectivity index (χ0n) is 10.4. The maximum atomic E-state index is 13.2. The van der Waals surface area contributed by atoms with E-state index in [0.717, 1.165) is 5.56 Å². The molecule has 2 aromatic rings. The zero-order valence-corrected chi connectivity index (χ0v) is 10.4. The van der Waals surface area contributed by atoms with Crippen molar-refractivity contribution in [3.8, 4) is 6.07 Å². The molecule has 0 saturated carbocycles. The Bertz CT molecular complexity index is 658. The van der Waals surface area contributed by atoms with Gasteiger partial charge in [0.05, 0.1) is 6.07 Å². The van der Waals surface area contributed by atoms with E-state index in [0.29, 0.717) is 11.1 Å². The van der Waals surface area contributed by atoms with E-state index in [9.17, 15) is 14.4 Å². The number of hydrogen-bond donors (Lipinski definition) is 0. The number of rotatable bonds is 3. The van der Waals surface area contributed by atoms with Crippen molar-refractivity contribution < 1.29 is 9.18 Å². The van der Waals surface area contributed by atoms with E-state index in [1.807, 2.05) is 19.1 Å². The molecule has 2 rings (SSSR count). The first-order valence-corrected chi connectivity index (χ1v) is 5.88. The highest BCUT2D eigenvalue weighted by Gasteiger charge is 2.22. The molecule has 94 valence electrons. The standard InChI is InChI=1S/C16H12FNO/c1-11-4-2-6-13(8-11)16(19)15(10-18)12-5-3-7-14(17)9-12/h2-9,15H,1H3. The Hall–Kier alpha value is -2.47. The Morgan fingerprint density at radius 1 is 1.21 bits per heavy atom. The molecule has 3 heteroatoms. The maximum absolute atomic E-state index is 13.2. The molecule has 1 unspecified atom stereocenters. The highest BCUT2D eigenvalue weighted by atomic mass is 19.1. The van der Waals surface area contributed by atoms with Crippen molar-refractivity contribution in [3.63, 3.8) is 0 Å². The fourth-order valence-electron chi connectivity index (χ4n) is 1.94. The molecule has 0 N–H and O–H groups in total. The summed E-state index contributed by atoms with van der Waals surface area (Å²) in [5, 5.41) is 9.18. The first-order valence-electron chi connectivity index (χ1n) is 5.88. The van der Waals surface area contributed by atoms with Gasteiger partial charge in [0.25, 0.3) is 0 Å². The molecule has 2 nitrogen and oxygen atoms in total. The van der Waals surface area contributed by atoms with Crippen LogP contribution in [0.15, 0.2) is 48.5 Å².